The van der Waals surface area contributed by atoms with Gasteiger partial charge in [0, 0.05) is 0 Å². The molecule has 0 unspecified atom stereocenters. The maximum atomic E-state index is 8.13. The molecule has 6 aliphatic rings. The Morgan fingerprint density at radius 2 is 0.338 bits per heavy atom. The summed E-state index contributed by atoms with van der Waals surface area (Å²) in [6.45, 7) is 28.2. The zero-order valence-corrected chi connectivity index (χ0v) is 57.5. The molecule has 4 N–H and O–H groups in total. The number of allylic oxidation sites excluding steroid dienone is 4. The number of fused-ring (bicyclic) bond motifs is 42. The molecular weight excluding hydrogens is 1420 g/mol. The molecule has 0 radical (unpaired) electrons. The summed E-state index contributed by atoms with van der Waals surface area (Å²) in [7, 11) is 0. The molecule has 396 valence electrons. The summed E-state index contributed by atoms with van der Waals surface area (Å²) >= 11 is 9.77. The number of hydrogen-bond donors (Lipinski definition) is 4. The number of hydrogen-bond acceptors (Lipinski definition) is 16. The molecule has 0 atom stereocenters. The van der Waals surface area contributed by atoms with Gasteiger partial charge in [0.15, 0.2) is 0 Å². The molecule has 0 aromatic carbocycles. The molecule has 6 saturated heterocycles. The van der Waals surface area contributed by atoms with E-state index in [2.05, 4.69) is 64.1 Å². The van der Waals surface area contributed by atoms with E-state index >= 15 is 0 Å². The van der Waals surface area contributed by atoms with Gasteiger partial charge in [0.05, 0.1) is 159 Å². The average molecular weight is 1500 g/mol. The third-order valence-electron chi connectivity index (χ3n) is 10.3. The number of nitrogens with zero attached hydrogens (tertiary/aromatic N) is 4. The van der Waals surface area contributed by atoms with Gasteiger partial charge in [-0.05, 0) is 0 Å². The van der Waals surface area contributed by atoms with Gasteiger partial charge in [0.2, 0.25) is 0 Å². The molecule has 0 aromatic heterocycles. The largest absolute Gasteiger partial charge is 2.00 e. The van der Waals surface area contributed by atoms with E-state index < -0.39 is 0 Å². The van der Waals surface area contributed by atoms with Crippen molar-refractivity contribution in [2.45, 2.75) is 0 Å². The molecule has 6 heterocycles. The predicted octanol–water partition coefficient (Wildman–Crippen LogP) is -13.1. The molecule has 0 aromatic rings. The van der Waals surface area contributed by atoms with E-state index in [4.69, 9.17) is 77.9 Å². The second-order valence-electron chi connectivity index (χ2n) is 15.1. The van der Waals surface area contributed by atoms with Crippen LogP contribution in [0.4, 0.5) is 0 Å². The molecule has 0 spiro atoms. The van der Waals surface area contributed by atoms with E-state index in [1.807, 2.05) is 0 Å². The number of quaternary nitrogens is 4. The van der Waals surface area contributed by atoms with Gasteiger partial charge in [-0.15, -0.1) is 0 Å². The number of nitriles is 4. The molecule has 0 saturated carbocycles. The summed E-state index contributed by atoms with van der Waals surface area (Å²) in [5.41, 5.74) is 0. The molecule has 6 aliphatic heterocycles. The molecule has 27 heteroatoms. The van der Waals surface area contributed by atoms with Crippen LogP contribution in [-0.4, -0.2) is 301 Å². The van der Waals surface area contributed by atoms with Crippen LogP contribution in [0.3, 0.4) is 0 Å². The smallest absolute Gasteiger partial charge is 1.00 e. The summed E-state index contributed by atoms with van der Waals surface area (Å²) in [4.78, 5) is 5.76. The molecular formula is C44H76K2N8O12PtSe4+4. The summed E-state index contributed by atoms with van der Waals surface area (Å²) in [6.07, 6.45) is 0. The van der Waals surface area contributed by atoms with Gasteiger partial charge in [0.25, 0.3) is 0 Å². The summed E-state index contributed by atoms with van der Waals surface area (Å²) in [5.74, 6) is 0. The van der Waals surface area contributed by atoms with Crippen LogP contribution in [0.25, 0.3) is 0 Å². The Morgan fingerprint density at radius 3 is 0.423 bits per heavy atom. The van der Waals surface area contributed by atoms with Gasteiger partial charge in [-0.1, -0.05) is 0 Å². The molecule has 6 fully saturated rings. The van der Waals surface area contributed by atoms with Gasteiger partial charge < -0.3 is 76.4 Å². The average Bonchev–Trinajstić information content (AvgIpc) is 3.35. The Balaban J connectivity index is -0.000000967. The maximum absolute atomic E-state index is 8.13. The molecule has 0 aliphatic carbocycles. The van der Waals surface area contributed by atoms with Crippen LogP contribution in [0.2, 0.25) is 0 Å². The Morgan fingerprint density at radius 1 is 0.239 bits per heavy atom. The van der Waals surface area contributed by atoms with Crippen LogP contribution in [0, 0.1) is 45.3 Å². The van der Waals surface area contributed by atoms with Crippen molar-refractivity contribution in [3.05, 3.63) is 17.9 Å². The number of nitrogens with one attached hydrogen (secondary N) is 4. The first-order valence-electron chi connectivity index (χ1n) is 23.4. The molecule has 4 bridgehead atoms. The van der Waals surface area contributed by atoms with Crippen molar-refractivity contribution in [2.75, 3.05) is 237 Å². The van der Waals surface area contributed by atoms with Crippen molar-refractivity contribution in [1.29, 1.82) is 21.0 Å². The van der Waals surface area contributed by atoms with Crippen molar-refractivity contribution in [1.82, 2.24) is 0 Å². The normalized spacial score (nSPS) is 24.7. The van der Waals surface area contributed by atoms with Crippen molar-refractivity contribution in [3.8, 4) is 24.3 Å². The summed E-state index contributed by atoms with van der Waals surface area (Å²) in [5, 5.41) is 32.5. The Bertz CT molecular complexity index is 1190. The summed E-state index contributed by atoms with van der Waals surface area (Å²) in [6, 6.07) is 7.14. The number of rotatable bonds is 0. The minimum absolute atomic E-state index is 0. The SMILES string of the molecule is C1COCC[NH+]2CCOCCOCC[NH+](CCO1)CCOCCOCC2.C1COCC[NH+]2CCOCCOCC[NH+](CCO1)CCOCCOCC2.N#C/C([Se-])=C(/[Se-])C#N.N#C/C([Se-])=C(/[Se-])C#N.[K+].[K+].[Pt+2]. The van der Waals surface area contributed by atoms with Crippen molar-refractivity contribution in [2.24, 2.45) is 0 Å². The van der Waals surface area contributed by atoms with Crippen LogP contribution in [0.5, 0.6) is 0 Å². The van der Waals surface area contributed by atoms with Gasteiger partial charge in [-0.25, -0.2) is 0 Å². The van der Waals surface area contributed by atoms with E-state index in [9.17, 15) is 0 Å². The minimum Gasteiger partial charge on any atom is 1.00 e. The molecule has 71 heavy (non-hydrogen) atoms. The maximum Gasteiger partial charge on any atom is 2.00 e. The van der Waals surface area contributed by atoms with Crippen LogP contribution >= 0.6 is 0 Å². The third kappa shape index (κ3) is 50.8. The molecule has 6 rings (SSSR count). The number of ether oxygens (including phenoxy) is 12. The van der Waals surface area contributed by atoms with Crippen molar-refractivity contribution >= 4 is 64.1 Å². The van der Waals surface area contributed by atoms with E-state index in [1.165, 1.54) is 19.6 Å². The monoisotopic (exact) mass is 1500 g/mol. The standard InChI is InChI=1S/2C18H36N2O6.2C4H2N2Se2.2K.Pt/c2*1-7-21-13-14-24-10-4-20-5-11-25-17-15-22-8-2-19(1)3-9-23-16-18-26-12-6-20;2*5-1-3(7)4(8)2-6;;;/h2*1-18H2;2*7-8H;;;/q;;;;2*+1;+2/b;;2*4-3-;;;. The van der Waals surface area contributed by atoms with Crippen molar-refractivity contribution < 1.29 is 200 Å². The quantitative estimate of drug-likeness (QED) is 0.131. The van der Waals surface area contributed by atoms with E-state index in [0.29, 0.717) is 97.2 Å². The zero-order chi connectivity index (χ0) is 49.4. The van der Waals surface area contributed by atoms with Crippen LogP contribution < -0.4 is 122 Å². The first kappa shape index (κ1) is 78.1. The van der Waals surface area contributed by atoms with Gasteiger partial charge in [-0.3, -0.25) is 0 Å². The Labute approximate surface area is 556 Å². The minimum atomic E-state index is 0. The fraction of sp³-hybridized carbons (Fsp3) is 0.818. The van der Waals surface area contributed by atoms with Crippen molar-refractivity contribution in [3.63, 3.8) is 0 Å². The Hall–Kier alpha value is 2.84. The predicted molar refractivity (Wildman–Crippen MR) is 252 cm³/mol. The zero-order valence-electron chi connectivity index (χ0n) is 42.1. The fourth-order valence-corrected chi connectivity index (χ4v) is 6.62. The summed E-state index contributed by atoms with van der Waals surface area (Å²) < 4.78 is 70.0. The van der Waals surface area contributed by atoms with Crippen LogP contribution in [0.15, 0.2) is 17.9 Å². The Kier molecular flexibility index (Phi) is 66.5. The third-order valence-corrected chi connectivity index (χ3v) is 14.0. The second-order valence-corrected chi connectivity index (χ2v) is 18.5. The molecule has 20 nitrogen and oxygen atoms in total. The van der Waals surface area contributed by atoms with E-state index in [1.54, 1.807) is 24.3 Å². The second kappa shape index (κ2) is 60.5. The van der Waals surface area contributed by atoms with Crippen LogP contribution in [-0.2, 0) is 77.9 Å². The van der Waals surface area contributed by atoms with E-state index in [-0.39, 0.29) is 124 Å². The molecule has 0 amide bonds. The van der Waals surface area contributed by atoms with E-state index in [0.717, 1.165) is 158 Å². The van der Waals surface area contributed by atoms with Gasteiger partial charge in [0.1, 0.15) is 78.5 Å². The first-order chi connectivity index (χ1) is 33.3. The first-order valence-corrected chi connectivity index (χ1v) is 26.8. The fourth-order valence-electron chi connectivity index (χ4n) is 6.23. The topological polar surface area (TPSA) is 224 Å². The van der Waals surface area contributed by atoms with Crippen LogP contribution in [0.1, 0.15) is 0 Å². The van der Waals surface area contributed by atoms with Gasteiger partial charge >= 0.3 is 251 Å². The van der Waals surface area contributed by atoms with Gasteiger partial charge in [-0.2, -0.15) is 0 Å².